The normalized spacial score (nSPS) is 12.6. The minimum absolute atomic E-state index is 1.03. The summed E-state index contributed by atoms with van der Waals surface area (Å²) >= 11 is 3.49. The standard InChI is InChI=1S/C12H25BrSi/c1-4-9-14(10-5-2,11-6-3)12-7-8-13/h7,12H,4-6,8-11H2,1-3H3/b12-7+. The average Bonchev–Trinajstić information content (AvgIpc) is 2.16. The van der Waals surface area contributed by atoms with E-state index in [4.69, 9.17) is 0 Å². The highest BCUT2D eigenvalue weighted by Gasteiger charge is 2.26. The molecular weight excluding hydrogens is 252 g/mol. The summed E-state index contributed by atoms with van der Waals surface area (Å²) in [5, 5.41) is 1.03. The number of hydrogen-bond acceptors (Lipinski definition) is 0. The molecule has 0 unspecified atom stereocenters. The Morgan fingerprint density at radius 2 is 1.36 bits per heavy atom. The Kier molecular flexibility index (Phi) is 8.99. The first-order valence-corrected chi connectivity index (χ1v) is 9.80. The molecule has 0 atom stereocenters. The van der Waals surface area contributed by atoms with Crippen LogP contribution in [0.5, 0.6) is 0 Å². The molecule has 0 bridgehead atoms. The summed E-state index contributed by atoms with van der Waals surface area (Å²) in [6.45, 7) is 6.99. The highest BCUT2D eigenvalue weighted by atomic mass is 79.9. The van der Waals surface area contributed by atoms with Gasteiger partial charge in [0.15, 0.2) is 0 Å². The molecule has 0 fully saturated rings. The Balaban J connectivity index is 4.45. The molecule has 0 aromatic rings. The highest BCUT2D eigenvalue weighted by Crippen LogP contribution is 2.27. The monoisotopic (exact) mass is 276 g/mol. The van der Waals surface area contributed by atoms with Crippen molar-refractivity contribution in [1.29, 1.82) is 0 Å². The van der Waals surface area contributed by atoms with Crippen molar-refractivity contribution in [3.8, 4) is 0 Å². The van der Waals surface area contributed by atoms with E-state index in [0.717, 1.165) is 5.33 Å². The van der Waals surface area contributed by atoms with E-state index >= 15 is 0 Å². The van der Waals surface area contributed by atoms with Gasteiger partial charge in [0.1, 0.15) is 0 Å². The van der Waals surface area contributed by atoms with E-state index in [2.05, 4.69) is 48.5 Å². The second-order valence-electron chi connectivity index (χ2n) is 4.17. The Hall–Kier alpha value is 0.437. The van der Waals surface area contributed by atoms with E-state index < -0.39 is 8.07 Å². The van der Waals surface area contributed by atoms with E-state index in [-0.39, 0.29) is 0 Å². The molecule has 84 valence electrons. The molecule has 0 rings (SSSR count). The van der Waals surface area contributed by atoms with Crippen LogP contribution in [0.1, 0.15) is 40.0 Å². The first kappa shape index (κ1) is 14.4. The summed E-state index contributed by atoms with van der Waals surface area (Å²) < 4.78 is 0. The van der Waals surface area contributed by atoms with Gasteiger partial charge in [0, 0.05) is 5.33 Å². The van der Waals surface area contributed by atoms with Gasteiger partial charge >= 0.3 is 0 Å². The first-order valence-electron chi connectivity index (χ1n) is 5.98. The Morgan fingerprint density at radius 3 is 1.64 bits per heavy atom. The molecule has 0 aliphatic heterocycles. The number of allylic oxidation sites excluding steroid dienone is 1. The van der Waals surface area contributed by atoms with Gasteiger partial charge < -0.3 is 0 Å². The molecule has 14 heavy (non-hydrogen) atoms. The highest BCUT2D eigenvalue weighted by molar-refractivity contribution is 9.09. The van der Waals surface area contributed by atoms with Crippen molar-refractivity contribution >= 4 is 24.0 Å². The molecule has 2 heteroatoms. The molecule has 0 saturated carbocycles. The smallest absolute Gasteiger partial charge is 0.0774 e. The molecule has 0 saturated heterocycles. The fourth-order valence-electron chi connectivity index (χ4n) is 2.41. The van der Waals surface area contributed by atoms with Gasteiger partial charge in [-0.3, -0.25) is 0 Å². The summed E-state index contributed by atoms with van der Waals surface area (Å²) in [5.41, 5.74) is 2.60. The van der Waals surface area contributed by atoms with Crippen LogP contribution in [0.3, 0.4) is 0 Å². The van der Waals surface area contributed by atoms with Gasteiger partial charge in [-0.1, -0.05) is 85.9 Å². The van der Waals surface area contributed by atoms with E-state index in [1.807, 2.05) is 0 Å². The number of alkyl halides is 1. The third kappa shape index (κ3) is 5.35. The van der Waals surface area contributed by atoms with Gasteiger partial charge in [-0.15, -0.1) is 0 Å². The Morgan fingerprint density at radius 1 is 0.929 bits per heavy atom. The van der Waals surface area contributed by atoms with Gasteiger partial charge in [0.2, 0.25) is 0 Å². The summed E-state index contributed by atoms with van der Waals surface area (Å²) in [6.07, 6.45) is 6.42. The Labute approximate surface area is 99.3 Å². The lowest BCUT2D eigenvalue weighted by molar-refractivity contribution is 0.936. The molecule has 0 heterocycles. The number of rotatable bonds is 8. The van der Waals surface area contributed by atoms with Crippen LogP contribution in [0.4, 0.5) is 0 Å². The van der Waals surface area contributed by atoms with Crippen molar-refractivity contribution in [3.63, 3.8) is 0 Å². The molecule has 0 aromatic heterocycles. The molecule has 0 spiro atoms. The van der Waals surface area contributed by atoms with Crippen molar-refractivity contribution in [2.45, 2.75) is 58.2 Å². The van der Waals surface area contributed by atoms with Crippen molar-refractivity contribution in [1.82, 2.24) is 0 Å². The van der Waals surface area contributed by atoms with E-state index in [0.29, 0.717) is 0 Å². The van der Waals surface area contributed by atoms with Crippen LogP contribution in [-0.2, 0) is 0 Å². The van der Waals surface area contributed by atoms with Crippen molar-refractivity contribution < 1.29 is 0 Å². The summed E-state index contributed by atoms with van der Waals surface area (Å²) in [7, 11) is -1.03. The summed E-state index contributed by atoms with van der Waals surface area (Å²) in [5.74, 6) is 0. The minimum atomic E-state index is -1.03. The van der Waals surface area contributed by atoms with Crippen LogP contribution >= 0.6 is 15.9 Å². The summed E-state index contributed by atoms with van der Waals surface area (Å²) in [6, 6.07) is 4.45. The zero-order valence-electron chi connectivity index (χ0n) is 9.98. The Bertz CT molecular complexity index is 137. The third-order valence-electron chi connectivity index (χ3n) is 2.80. The fourth-order valence-corrected chi connectivity index (χ4v) is 7.80. The predicted molar refractivity (Wildman–Crippen MR) is 74.0 cm³/mol. The molecule has 0 amide bonds. The van der Waals surface area contributed by atoms with Gasteiger partial charge in [0.05, 0.1) is 8.07 Å². The largest absolute Gasteiger partial charge is 0.0973 e. The lowest BCUT2D eigenvalue weighted by Gasteiger charge is -2.27. The molecular formula is C12H25BrSi. The maximum absolute atomic E-state index is 3.49. The van der Waals surface area contributed by atoms with Crippen LogP contribution in [0.2, 0.25) is 18.1 Å². The van der Waals surface area contributed by atoms with Gasteiger partial charge in [-0.2, -0.15) is 0 Å². The quantitative estimate of drug-likeness (QED) is 0.425. The van der Waals surface area contributed by atoms with Gasteiger partial charge in [0.25, 0.3) is 0 Å². The molecule has 0 aliphatic carbocycles. The van der Waals surface area contributed by atoms with Crippen LogP contribution in [0.25, 0.3) is 0 Å². The van der Waals surface area contributed by atoms with Crippen molar-refractivity contribution in [3.05, 3.63) is 11.8 Å². The molecule has 0 nitrogen and oxygen atoms in total. The number of halogens is 1. The van der Waals surface area contributed by atoms with E-state index in [9.17, 15) is 0 Å². The lowest BCUT2D eigenvalue weighted by Crippen LogP contribution is -2.31. The van der Waals surface area contributed by atoms with Crippen LogP contribution in [-0.4, -0.2) is 13.4 Å². The van der Waals surface area contributed by atoms with Crippen molar-refractivity contribution in [2.75, 3.05) is 5.33 Å². The fraction of sp³-hybridized carbons (Fsp3) is 0.833. The topological polar surface area (TPSA) is 0 Å². The molecule has 0 N–H and O–H groups in total. The third-order valence-corrected chi connectivity index (χ3v) is 8.61. The number of hydrogen-bond donors (Lipinski definition) is 0. The van der Waals surface area contributed by atoms with Crippen LogP contribution in [0.15, 0.2) is 11.8 Å². The SMILES string of the molecule is CCC[Si](/C=C/CBr)(CCC)CCC. The predicted octanol–water partition coefficient (Wildman–Crippen LogP) is 5.16. The average molecular weight is 277 g/mol. The van der Waals surface area contributed by atoms with Gasteiger partial charge in [-0.05, 0) is 0 Å². The maximum atomic E-state index is 3.49. The summed E-state index contributed by atoms with van der Waals surface area (Å²) in [4.78, 5) is 0. The zero-order valence-corrected chi connectivity index (χ0v) is 12.6. The van der Waals surface area contributed by atoms with E-state index in [1.54, 1.807) is 0 Å². The minimum Gasteiger partial charge on any atom is -0.0973 e. The van der Waals surface area contributed by atoms with Gasteiger partial charge in [-0.25, -0.2) is 0 Å². The molecule has 0 aliphatic rings. The second kappa shape index (κ2) is 8.72. The van der Waals surface area contributed by atoms with E-state index in [1.165, 1.54) is 37.4 Å². The maximum Gasteiger partial charge on any atom is 0.0774 e. The first-order chi connectivity index (χ1) is 6.74. The molecule has 0 radical (unpaired) electrons. The van der Waals surface area contributed by atoms with Crippen LogP contribution < -0.4 is 0 Å². The second-order valence-corrected chi connectivity index (χ2v) is 9.37. The van der Waals surface area contributed by atoms with Crippen LogP contribution in [0, 0.1) is 0 Å². The van der Waals surface area contributed by atoms with Crippen molar-refractivity contribution in [2.24, 2.45) is 0 Å². The lowest BCUT2D eigenvalue weighted by atomic mass is 10.5. The zero-order chi connectivity index (χ0) is 10.9. The molecule has 0 aromatic carbocycles.